The zero-order chi connectivity index (χ0) is 11.7. The molecule has 0 bridgehead atoms. The highest BCUT2D eigenvalue weighted by Gasteiger charge is 2.22. The van der Waals surface area contributed by atoms with E-state index < -0.39 is 0 Å². The third-order valence-electron chi connectivity index (χ3n) is 3.35. The van der Waals surface area contributed by atoms with E-state index in [4.69, 9.17) is 21.1 Å². The second kappa shape index (κ2) is 4.75. The van der Waals surface area contributed by atoms with Crippen molar-refractivity contribution in [1.29, 1.82) is 0 Å². The lowest BCUT2D eigenvalue weighted by Gasteiger charge is -2.23. The Hall–Kier alpha value is -0.930. The summed E-state index contributed by atoms with van der Waals surface area (Å²) in [4.78, 5) is 0. The summed E-state index contributed by atoms with van der Waals surface area (Å²) in [6, 6.07) is 4.51. The highest BCUT2D eigenvalue weighted by atomic mass is 35.5. The molecule has 0 radical (unpaired) electrons. The maximum atomic E-state index is 6.11. The first kappa shape index (κ1) is 11.2. The summed E-state index contributed by atoms with van der Waals surface area (Å²) in [5.41, 5.74) is 1.20. The van der Waals surface area contributed by atoms with Crippen molar-refractivity contribution in [2.24, 2.45) is 0 Å². The molecule has 1 fully saturated rings. The van der Waals surface area contributed by atoms with Crippen molar-refractivity contribution < 1.29 is 9.47 Å². The molecule has 1 aromatic rings. The predicted molar refractivity (Wildman–Crippen MR) is 67.2 cm³/mol. The number of nitrogens with one attached hydrogen (secondary N) is 1. The Kier molecular flexibility index (Phi) is 3.12. The van der Waals surface area contributed by atoms with Crippen LogP contribution in [0.3, 0.4) is 0 Å². The molecular formula is C13H16ClNO2. The summed E-state index contributed by atoms with van der Waals surface area (Å²) in [7, 11) is 0. The molecule has 2 heterocycles. The Labute approximate surface area is 106 Å². The standard InChI is InChI=1S/C13H16ClNO2/c14-11-4-3-9(8-10-2-1-5-15-10)12-13(11)17-7-6-16-12/h3-4,10,15H,1-2,5-8H2. The molecule has 1 atom stereocenters. The van der Waals surface area contributed by atoms with Crippen LogP contribution in [0.1, 0.15) is 18.4 Å². The van der Waals surface area contributed by atoms with E-state index in [0.29, 0.717) is 30.0 Å². The summed E-state index contributed by atoms with van der Waals surface area (Å²) in [5, 5.41) is 4.14. The monoisotopic (exact) mass is 253 g/mol. The lowest BCUT2D eigenvalue weighted by Crippen LogP contribution is -2.25. The zero-order valence-corrected chi connectivity index (χ0v) is 10.4. The van der Waals surface area contributed by atoms with Crippen LogP contribution >= 0.6 is 11.6 Å². The van der Waals surface area contributed by atoms with Gasteiger partial charge in [0, 0.05) is 6.04 Å². The maximum Gasteiger partial charge on any atom is 0.180 e. The Bertz CT molecular complexity index is 416. The number of hydrogen-bond acceptors (Lipinski definition) is 3. The molecule has 3 rings (SSSR count). The Balaban J connectivity index is 1.88. The molecule has 1 N–H and O–H groups in total. The molecular weight excluding hydrogens is 238 g/mol. The van der Waals surface area contributed by atoms with Gasteiger partial charge in [-0.3, -0.25) is 0 Å². The topological polar surface area (TPSA) is 30.5 Å². The Morgan fingerprint density at radius 3 is 2.82 bits per heavy atom. The Morgan fingerprint density at radius 1 is 1.24 bits per heavy atom. The SMILES string of the molecule is Clc1ccc(CC2CCCN2)c2c1OCCO2. The van der Waals surface area contributed by atoms with Gasteiger partial charge in [-0.15, -0.1) is 0 Å². The van der Waals surface area contributed by atoms with Crippen LogP contribution in [0.2, 0.25) is 5.02 Å². The molecule has 0 aromatic heterocycles. The van der Waals surface area contributed by atoms with E-state index in [0.717, 1.165) is 18.7 Å². The lowest BCUT2D eigenvalue weighted by atomic mass is 10.0. The minimum Gasteiger partial charge on any atom is -0.486 e. The molecule has 1 unspecified atom stereocenters. The van der Waals surface area contributed by atoms with E-state index in [2.05, 4.69) is 11.4 Å². The summed E-state index contributed by atoms with van der Waals surface area (Å²) in [6.45, 7) is 2.31. The van der Waals surface area contributed by atoms with Gasteiger partial charge in [0.05, 0.1) is 5.02 Å². The minimum atomic E-state index is 0.561. The number of benzene rings is 1. The van der Waals surface area contributed by atoms with Crippen LogP contribution < -0.4 is 14.8 Å². The van der Waals surface area contributed by atoms with Crippen LogP contribution in [0, 0.1) is 0 Å². The molecule has 17 heavy (non-hydrogen) atoms. The number of hydrogen-bond donors (Lipinski definition) is 1. The van der Waals surface area contributed by atoms with E-state index in [1.165, 1.54) is 18.4 Å². The fourth-order valence-electron chi connectivity index (χ4n) is 2.52. The number of ether oxygens (including phenoxy) is 2. The van der Waals surface area contributed by atoms with Gasteiger partial charge >= 0.3 is 0 Å². The molecule has 0 spiro atoms. The molecule has 3 nitrogen and oxygen atoms in total. The third-order valence-corrected chi connectivity index (χ3v) is 3.65. The van der Waals surface area contributed by atoms with E-state index >= 15 is 0 Å². The molecule has 0 amide bonds. The van der Waals surface area contributed by atoms with Crippen molar-refractivity contribution >= 4 is 11.6 Å². The van der Waals surface area contributed by atoms with Crippen LogP contribution in [0.5, 0.6) is 11.5 Å². The van der Waals surface area contributed by atoms with Crippen LogP contribution in [0.25, 0.3) is 0 Å². The Morgan fingerprint density at radius 2 is 2.06 bits per heavy atom. The predicted octanol–water partition coefficient (Wildman–Crippen LogP) is 2.41. The number of rotatable bonds is 2. The molecule has 4 heteroatoms. The van der Waals surface area contributed by atoms with E-state index in [-0.39, 0.29) is 0 Å². The van der Waals surface area contributed by atoms with Gasteiger partial charge in [-0.2, -0.15) is 0 Å². The van der Waals surface area contributed by atoms with Crippen molar-refractivity contribution in [2.45, 2.75) is 25.3 Å². The molecule has 0 saturated carbocycles. The smallest absolute Gasteiger partial charge is 0.180 e. The van der Waals surface area contributed by atoms with Crippen LogP contribution in [-0.2, 0) is 6.42 Å². The van der Waals surface area contributed by atoms with Gasteiger partial charge in [-0.25, -0.2) is 0 Å². The van der Waals surface area contributed by atoms with Gasteiger partial charge in [0.15, 0.2) is 11.5 Å². The van der Waals surface area contributed by atoms with Crippen molar-refractivity contribution in [3.8, 4) is 11.5 Å². The lowest BCUT2D eigenvalue weighted by molar-refractivity contribution is 0.170. The number of fused-ring (bicyclic) bond motifs is 1. The molecule has 2 aliphatic heterocycles. The minimum absolute atomic E-state index is 0.561. The van der Waals surface area contributed by atoms with Crippen molar-refractivity contribution in [3.63, 3.8) is 0 Å². The second-order valence-electron chi connectivity index (χ2n) is 4.56. The average Bonchev–Trinajstić information content (AvgIpc) is 2.86. The van der Waals surface area contributed by atoms with E-state index in [1.54, 1.807) is 0 Å². The van der Waals surface area contributed by atoms with Gasteiger partial charge in [0.1, 0.15) is 13.2 Å². The van der Waals surface area contributed by atoms with Gasteiger partial charge in [-0.05, 0) is 37.4 Å². The summed E-state index contributed by atoms with van der Waals surface area (Å²) >= 11 is 6.11. The average molecular weight is 254 g/mol. The summed E-state index contributed by atoms with van der Waals surface area (Å²) in [5.74, 6) is 1.56. The van der Waals surface area contributed by atoms with Crippen molar-refractivity contribution in [3.05, 3.63) is 22.7 Å². The molecule has 92 valence electrons. The molecule has 1 aromatic carbocycles. The van der Waals surface area contributed by atoms with Gasteiger partial charge < -0.3 is 14.8 Å². The zero-order valence-electron chi connectivity index (χ0n) is 9.67. The second-order valence-corrected chi connectivity index (χ2v) is 4.97. The van der Waals surface area contributed by atoms with E-state index in [1.807, 2.05) is 6.07 Å². The highest BCUT2D eigenvalue weighted by molar-refractivity contribution is 6.32. The van der Waals surface area contributed by atoms with Crippen LogP contribution in [-0.4, -0.2) is 25.8 Å². The maximum absolute atomic E-state index is 6.11. The highest BCUT2D eigenvalue weighted by Crippen LogP contribution is 2.40. The summed E-state index contributed by atoms with van der Waals surface area (Å²) in [6.07, 6.45) is 3.49. The largest absolute Gasteiger partial charge is 0.486 e. The molecule has 0 aliphatic carbocycles. The first-order chi connectivity index (χ1) is 8.34. The van der Waals surface area contributed by atoms with Gasteiger partial charge in [0.25, 0.3) is 0 Å². The fourth-order valence-corrected chi connectivity index (χ4v) is 2.72. The fraction of sp³-hybridized carbons (Fsp3) is 0.538. The first-order valence-electron chi connectivity index (χ1n) is 6.15. The normalized spacial score (nSPS) is 22.8. The van der Waals surface area contributed by atoms with Gasteiger partial charge in [-0.1, -0.05) is 17.7 Å². The van der Waals surface area contributed by atoms with E-state index in [9.17, 15) is 0 Å². The third kappa shape index (κ3) is 2.22. The quantitative estimate of drug-likeness (QED) is 0.878. The number of halogens is 1. The van der Waals surface area contributed by atoms with Crippen molar-refractivity contribution in [1.82, 2.24) is 5.32 Å². The van der Waals surface area contributed by atoms with Crippen LogP contribution in [0.4, 0.5) is 0 Å². The molecule has 2 aliphatic rings. The van der Waals surface area contributed by atoms with Crippen molar-refractivity contribution in [2.75, 3.05) is 19.8 Å². The molecule has 1 saturated heterocycles. The van der Waals surface area contributed by atoms with Crippen LogP contribution in [0.15, 0.2) is 12.1 Å². The van der Waals surface area contributed by atoms with Gasteiger partial charge in [0.2, 0.25) is 0 Å². The first-order valence-corrected chi connectivity index (χ1v) is 6.53. The summed E-state index contributed by atoms with van der Waals surface area (Å²) < 4.78 is 11.3.